The molecule has 0 aliphatic rings. The van der Waals surface area contributed by atoms with Gasteiger partial charge in [0.05, 0.1) is 0 Å². The molecule has 10 nitrogen and oxygen atoms in total. The minimum atomic E-state index is -5.46. The molecule has 16 heavy (non-hydrogen) atoms. The first kappa shape index (κ1) is 23.5. The van der Waals surface area contributed by atoms with Gasteiger partial charge in [-0.15, -0.1) is 0 Å². The van der Waals surface area contributed by atoms with Crippen LogP contribution in [-0.2, 0) is 50.7 Å². The van der Waals surface area contributed by atoms with Gasteiger partial charge in [0, 0.05) is 0 Å². The van der Waals surface area contributed by atoms with Gasteiger partial charge >= 0.3 is 81.4 Å². The molecular weight excluding hydrogens is 387 g/mol. The molecule has 16 heteroatoms. The van der Waals surface area contributed by atoms with E-state index in [9.17, 15) is 13.7 Å². The first-order valence-corrected chi connectivity index (χ1v) is 9.11. The van der Waals surface area contributed by atoms with E-state index in [4.69, 9.17) is 24.5 Å². The Morgan fingerprint density at radius 3 is 1.12 bits per heavy atom. The van der Waals surface area contributed by atoms with E-state index < -0.39 is 23.5 Å². The Morgan fingerprint density at radius 1 is 0.812 bits per heavy atom. The van der Waals surface area contributed by atoms with Crippen LogP contribution in [0.3, 0.4) is 0 Å². The Balaban J connectivity index is -0.000000529. The summed E-state index contributed by atoms with van der Waals surface area (Å²) in [6, 6.07) is 0. The van der Waals surface area contributed by atoms with Crippen molar-refractivity contribution in [3.8, 4) is 0 Å². The number of hydrogen-bond donors (Lipinski definition) is 5. The molecule has 0 rings (SSSR count). The first-order valence-electron chi connectivity index (χ1n) is 2.41. The predicted octanol–water partition coefficient (Wildman–Crippen LogP) is -1.35. The average molecular weight is 393 g/mol. The second-order valence-electron chi connectivity index (χ2n) is 1.61. The summed E-state index contributed by atoms with van der Waals surface area (Å²) in [7, 11) is -16.2. The molecule has 0 atom stereocenters. The zero-order valence-electron chi connectivity index (χ0n) is 6.35. The standard InChI is InChI=1S/Fe.Mn.Na.H5O10P3.H/c;;;1-11(2,3)9-13(7,8)10-12(4,5)6;/h;;;(H,7,8)(H2,1,2,3)(H2,4,5,6);. The third-order valence-corrected chi connectivity index (χ3v) is 3.77. The number of phosphoric acid groups is 3. The van der Waals surface area contributed by atoms with Gasteiger partial charge in [-0.1, -0.05) is 0 Å². The van der Waals surface area contributed by atoms with Gasteiger partial charge in [0.25, 0.3) is 0 Å². The second kappa shape index (κ2) is 9.37. The summed E-state index contributed by atoms with van der Waals surface area (Å²) < 4.78 is 36.4. The summed E-state index contributed by atoms with van der Waals surface area (Å²) in [5.74, 6) is 0. The molecule has 0 fully saturated rings. The van der Waals surface area contributed by atoms with E-state index in [0.29, 0.717) is 0 Å². The quantitative estimate of drug-likeness (QED) is 0.284. The van der Waals surface area contributed by atoms with E-state index in [1.165, 1.54) is 0 Å². The summed E-state index contributed by atoms with van der Waals surface area (Å²) in [6.45, 7) is 0. The van der Waals surface area contributed by atoms with Crippen molar-refractivity contribution < 1.29 is 75.2 Å². The SMILES string of the molecule is O=P(O)(O)OP(=O)(O)OP(=O)(O)O.[Mn][Fe].[NaH]. The Bertz CT molecular complexity index is 288. The zero-order valence-corrected chi connectivity index (χ0v) is 11.3. The molecule has 0 aliphatic heterocycles. The number of hydrogen-bond acceptors (Lipinski definition) is 5. The van der Waals surface area contributed by atoms with Crippen LogP contribution >= 0.6 is 23.5 Å². The molecule has 0 heterocycles. The van der Waals surface area contributed by atoms with Crippen molar-refractivity contribution in [2.75, 3.05) is 0 Å². The van der Waals surface area contributed by atoms with Gasteiger partial charge in [0.2, 0.25) is 0 Å². The molecule has 0 aliphatic carbocycles. The van der Waals surface area contributed by atoms with Crippen molar-refractivity contribution in [1.82, 2.24) is 0 Å². The zero-order chi connectivity index (χ0) is 12.9. The van der Waals surface area contributed by atoms with E-state index in [-0.39, 0.29) is 29.6 Å². The molecule has 0 aromatic heterocycles. The van der Waals surface area contributed by atoms with Crippen molar-refractivity contribution in [3.05, 3.63) is 0 Å². The molecule has 0 aromatic rings. The van der Waals surface area contributed by atoms with Crippen LogP contribution in [-0.4, -0.2) is 54.0 Å². The van der Waals surface area contributed by atoms with Crippen LogP contribution in [0.25, 0.3) is 0 Å². The molecule has 0 saturated carbocycles. The van der Waals surface area contributed by atoms with Crippen LogP contribution in [0.15, 0.2) is 0 Å². The third kappa shape index (κ3) is 18.8. The Labute approximate surface area is 127 Å². The fourth-order valence-electron chi connectivity index (χ4n) is 0.284. The van der Waals surface area contributed by atoms with E-state index in [1.54, 1.807) is 0 Å². The molecule has 0 aromatic carbocycles. The normalized spacial score (nSPS) is 12.2. The third-order valence-electron chi connectivity index (χ3n) is 0.419. The van der Waals surface area contributed by atoms with E-state index in [2.05, 4.69) is 37.0 Å². The van der Waals surface area contributed by atoms with Gasteiger partial charge < -0.3 is 24.5 Å². The monoisotopic (exact) mass is 393 g/mol. The predicted molar refractivity (Wildman–Crippen MR) is 43.2 cm³/mol. The second-order valence-corrected chi connectivity index (χ2v) is 5.82. The van der Waals surface area contributed by atoms with E-state index in [0.717, 1.165) is 0 Å². The van der Waals surface area contributed by atoms with Crippen molar-refractivity contribution in [2.45, 2.75) is 0 Å². The molecule has 0 saturated heterocycles. The molecule has 97 valence electrons. The fraction of sp³-hybridized carbons (Fsp3) is 0. The summed E-state index contributed by atoms with van der Waals surface area (Å²) in [5, 5.41) is 0. The van der Waals surface area contributed by atoms with Crippen LogP contribution in [0.5, 0.6) is 0 Å². The molecule has 5 N–H and O–H groups in total. The van der Waals surface area contributed by atoms with Crippen molar-refractivity contribution >= 4 is 53.0 Å². The summed E-state index contributed by atoms with van der Waals surface area (Å²) >= 11 is 5.75. The summed E-state index contributed by atoms with van der Waals surface area (Å²) in [4.78, 5) is 40.2. The average Bonchev–Trinajstić information content (AvgIpc) is 1.79. The maximum absolute atomic E-state index is 10.4. The Hall–Kier alpha value is 2.45. The van der Waals surface area contributed by atoms with Crippen molar-refractivity contribution in [3.63, 3.8) is 0 Å². The van der Waals surface area contributed by atoms with Crippen molar-refractivity contribution in [2.24, 2.45) is 0 Å². The van der Waals surface area contributed by atoms with Gasteiger partial charge in [-0.05, 0) is 0 Å². The number of rotatable bonds is 4. The maximum atomic E-state index is 10.4. The van der Waals surface area contributed by atoms with Gasteiger partial charge in [-0.2, -0.15) is 8.62 Å². The van der Waals surface area contributed by atoms with Gasteiger partial charge in [-0.3, -0.25) is 0 Å². The minimum absolute atomic E-state index is 0. The molecule has 0 amide bonds. The summed E-state index contributed by atoms with van der Waals surface area (Å²) in [6.07, 6.45) is 0. The van der Waals surface area contributed by atoms with Crippen LogP contribution in [0, 0.1) is 0 Å². The van der Waals surface area contributed by atoms with E-state index in [1.807, 2.05) is 0 Å². The van der Waals surface area contributed by atoms with E-state index >= 15 is 0 Å². The van der Waals surface area contributed by atoms with Crippen LogP contribution in [0.4, 0.5) is 0 Å². The molecule has 0 bridgehead atoms. The Morgan fingerprint density at radius 2 is 1.00 bits per heavy atom. The fourth-order valence-corrected chi connectivity index (χ4v) is 2.82. The first-order chi connectivity index (χ1) is 6.41. The molecular formula is H6FeMnNaO10P3. The van der Waals surface area contributed by atoms with Crippen molar-refractivity contribution in [1.29, 1.82) is 0 Å². The van der Waals surface area contributed by atoms with Crippen LogP contribution in [0.2, 0.25) is 0 Å². The molecule has 0 unspecified atom stereocenters. The topological polar surface area (TPSA) is 171 Å². The summed E-state index contributed by atoms with van der Waals surface area (Å²) in [5.41, 5.74) is 0. The van der Waals surface area contributed by atoms with Crippen LogP contribution < -0.4 is 0 Å². The van der Waals surface area contributed by atoms with Gasteiger partial charge in [0.15, 0.2) is 0 Å². The van der Waals surface area contributed by atoms with Gasteiger partial charge in [-0.25, -0.2) is 13.7 Å². The van der Waals surface area contributed by atoms with Crippen LogP contribution in [0.1, 0.15) is 0 Å². The Kier molecular flexibility index (Phi) is 13.8. The molecule has 0 spiro atoms. The molecule has 0 radical (unpaired) electrons. The van der Waals surface area contributed by atoms with Gasteiger partial charge in [0.1, 0.15) is 0 Å².